The van der Waals surface area contributed by atoms with Crippen LogP contribution in [0.3, 0.4) is 0 Å². The summed E-state index contributed by atoms with van der Waals surface area (Å²) in [5, 5.41) is 10.4. The Morgan fingerprint density at radius 3 is 1.94 bits per heavy atom. The number of benzene rings is 4. The van der Waals surface area contributed by atoms with Gasteiger partial charge in [-0.1, -0.05) is 91.0 Å². The molecule has 68 heavy (non-hydrogen) atoms. The van der Waals surface area contributed by atoms with Crippen molar-refractivity contribution in [2.24, 2.45) is 4.99 Å². The van der Waals surface area contributed by atoms with Crippen LogP contribution < -0.4 is 16.0 Å². The lowest BCUT2D eigenvalue weighted by Gasteiger charge is -2.38. The van der Waals surface area contributed by atoms with Crippen molar-refractivity contribution in [1.29, 1.82) is 0 Å². The van der Waals surface area contributed by atoms with Gasteiger partial charge in [0.2, 0.25) is 17.8 Å². The summed E-state index contributed by atoms with van der Waals surface area (Å²) in [5.74, 6) is -0.886. The quantitative estimate of drug-likeness (QED) is 0.0544. The van der Waals surface area contributed by atoms with Gasteiger partial charge in [-0.3, -0.25) is 30.1 Å². The Labute approximate surface area is 400 Å². The zero-order chi connectivity index (χ0) is 49.2. The van der Waals surface area contributed by atoms with E-state index in [2.05, 4.69) is 45.2 Å². The summed E-state index contributed by atoms with van der Waals surface area (Å²) in [6, 6.07) is 29.3. The van der Waals surface area contributed by atoms with Gasteiger partial charge in [-0.2, -0.15) is 0 Å². The molecule has 4 aromatic carbocycles. The third-order valence-corrected chi connectivity index (χ3v) is 11.2. The average molecular weight is 933 g/mol. The number of carbonyl (C=O) groups excluding carboxylic acids is 5. The number of hydrogen-bond acceptors (Lipinski definition) is 10. The van der Waals surface area contributed by atoms with Gasteiger partial charge in [0.15, 0.2) is 0 Å². The average Bonchev–Trinajstić information content (AvgIpc) is 3.67. The summed E-state index contributed by atoms with van der Waals surface area (Å²) in [6.45, 7) is 16.6. The van der Waals surface area contributed by atoms with Crippen LogP contribution in [0.15, 0.2) is 102 Å². The predicted molar refractivity (Wildman–Crippen MR) is 261 cm³/mol. The normalized spacial score (nSPS) is 17.6. The molecule has 2 aliphatic rings. The zero-order valence-corrected chi connectivity index (χ0v) is 40.9. The summed E-state index contributed by atoms with van der Waals surface area (Å²) in [4.78, 5) is 76.8. The van der Waals surface area contributed by atoms with Crippen LogP contribution >= 0.6 is 0 Å². The number of carbonyl (C=O) groups is 5. The van der Waals surface area contributed by atoms with E-state index in [1.54, 1.807) is 67.2 Å². The molecule has 0 aliphatic carbocycles. The fraction of sp³-hybridized carbons (Fsp3) is 0.472. The minimum absolute atomic E-state index is 0.138. The number of likely N-dealkylation sites (tertiary alicyclic amines) is 1. The number of amides is 5. The van der Waals surface area contributed by atoms with Gasteiger partial charge in [-0.05, 0) is 121 Å². The molecule has 15 heteroatoms. The molecule has 15 nitrogen and oxygen atoms in total. The van der Waals surface area contributed by atoms with Crippen molar-refractivity contribution in [2.75, 3.05) is 13.1 Å². The van der Waals surface area contributed by atoms with Gasteiger partial charge in [0.05, 0.1) is 19.3 Å². The second-order valence-corrected chi connectivity index (χ2v) is 20.5. The van der Waals surface area contributed by atoms with Gasteiger partial charge in [0, 0.05) is 32.0 Å². The molecule has 4 atom stereocenters. The maximum absolute atomic E-state index is 15.2. The lowest BCUT2D eigenvalue weighted by Crippen LogP contribution is -2.58. The van der Waals surface area contributed by atoms with Crippen LogP contribution in [-0.2, 0) is 54.5 Å². The first kappa shape index (κ1) is 50.9. The molecule has 2 aliphatic heterocycles. The molecular formula is C53H68N6O9. The minimum atomic E-state index is -0.995. The van der Waals surface area contributed by atoms with Gasteiger partial charge in [-0.25, -0.2) is 14.4 Å². The first-order valence-corrected chi connectivity index (χ1v) is 23.4. The molecule has 0 spiro atoms. The van der Waals surface area contributed by atoms with Crippen molar-refractivity contribution in [3.8, 4) is 0 Å². The third-order valence-electron chi connectivity index (χ3n) is 11.2. The highest BCUT2D eigenvalue weighted by Crippen LogP contribution is 2.29. The summed E-state index contributed by atoms with van der Waals surface area (Å²) < 4.78 is 23.2. The number of ether oxygens (including phenoxy) is 4. The molecule has 5 amide bonds. The first-order valence-electron chi connectivity index (χ1n) is 23.4. The van der Waals surface area contributed by atoms with Gasteiger partial charge >= 0.3 is 18.3 Å². The zero-order valence-electron chi connectivity index (χ0n) is 40.9. The Kier molecular flexibility index (Phi) is 16.5. The fourth-order valence-corrected chi connectivity index (χ4v) is 8.30. The molecule has 2 heterocycles. The van der Waals surface area contributed by atoms with Crippen molar-refractivity contribution in [3.63, 3.8) is 0 Å². The highest BCUT2D eigenvalue weighted by molar-refractivity contribution is 6.01. The number of rotatable bonds is 12. The Balaban J connectivity index is 1.25. The molecule has 0 unspecified atom stereocenters. The second-order valence-electron chi connectivity index (χ2n) is 20.5. The Morgan fingerprint density at radius 1 is 0.691 bits per heavy atom. The Bertz CT molecular complexity index is 2410. The van der Waals surface area contributed by atoms with Crippen LogP contribution in [-0.4, -0.2) is 100.0 Å². The van der Waals surface area contributed by atoms with E-state index in [0.717, 1.165) is 33.0 Å². The summed E-state index contributed by atoms with van der Waals surface area (Å²) in [5.41, 5.74) is 1.31. The highest BCUT2D eigenvalue weighted by Gasteiger charge is 2.42. The molecule has 0 radical (unpaired) electrons. The van der Waals surface area contributed by atoms with Crippen LogP contribution in [0.4, 0.5) is 14.4 Å². The Hall–Kier alpha value is -6.48. The van der Waals surface area contributed by atoms with Crippen LogP contribution in [0.25, 0.3) is 10.8 Å². The van der Waals surface area contributed by atoms with E-state index < -0.39 is 53.1 Å². The van der Waals surface area contributed by atoms with Gasteiger partial charge in [0.25, 0.3) is 0 Å². The van der Waals surface area contributed by atoms with Crippen molar-refractivity contribution < 1.29 is 42.9 Å². The predicted octanol–water partition coefficient (Wildman–Crippen LogP) is 8.60. The third kappa shape index (κ3) is 15.3. The van der Waals surface area contributed by atoms with Crippen LogP contribution in [0.5, 0.6) is 0 Å². The standard InChI is InChI=1S/C53H68N6O9/c1-51(2,3)66-48(62)56-47(57-49(63)67-52(4,5)6)54-27-17-24-41-31-42(65-34-36-25-26-37-20-13-14-21-38(37)28-36)33-58(41)46(61)43(29-35-18-11-10-12-19-35)55-45(60)44-30-39-22-15-16-23-40(39)32-59(44)50(64)68-53(7,8)9/h10-16,18-23,25-26,28,41-44H,17,24,27,29-34H2,1-9H3,(H,55,60)(H2,54,56,57,62,63)/t41-,42+,43+,44-/m0/s1. The van der Waals surface area contributed by atoms with Gasteiger partial charge in [0.1, 0.15) is 28.9 Å². The second kappa shape index (κ2) is 22.1. The first-order chi connectivity index (χ1) is 32.1. The lowest BCUT2D eigenvalue weighted by molar-refractivity contribution is -0.139. The highest BCUT2D eigenvalue weighted by atomic mass is 16.6. The van der Waals surface area contributed by atoms with E-state index in [-0.39, 0.29) is 56.5 Å². The molecular weight excluding hydrogens is 865 g/mol. The smallest absolute Gasteiger partial charge is 0.414 e. The van der Waals surface area contributed by atoms with E-state index >= 15 is 4.79 Å². The van der Waals surface area contributed by atoms with E-state index in [0.29, 0.717) is 25.9 Å². The summed E-state index contributed by atoms with van der Waals surface area (Å²) in [7, 11) is 0. The largest absolute Gasteiger partial charge is 0.444 e. The molecule has 1 fully saturated rings. The van der Waals surface area contributed by atoms with Crippen molar-refractivity contribution in [1.82, 2.24) is 25.8 Å². The van der Waals surface area contributed by atoms with E-state index in [9.17, 15) is 19.2 Å². The topological polar surface area (TPSA) is 177 Å². The SMILES string of the molecule is CC(C)(C)OC(=O)NC(=NCCC[C@H]1C[C@@H](OCc2ccc3ccccc3c2)CN1C(=O)[C@@H](Cc1ccccc1)NC(=O)[C@@H]1Cc2ccccc2CN1C(=O)OC(C)(C)C)NC(=O)OC(C)(C)C. The van der Waals surface area contributed by atoms with Crippen LogP contribution in [0.2, 0.25) is 0 Å². The summed E-state index contributed by atoms with van der Waals surface area (Å²) in [6.07, 6.45) is -0.654. The van der Waals surface area contributed by atoms with E-state index in [1.807, 2.05) is 72.8 Å². The summed E-state index contributed by atoms with van der Waals surface area (Å²) >= 11 is 0. The van der Waals surface area contributed by atoms with E-state index in [1.165, 1.54) is 4.90 Å². The number of nitrogens with one attached hydrogen (secondary N) is 3. The van der Waals surface area contributed by atoms with Crippen molar-refractivity contribution in [3.05, 3.63) is 119 Å². The molecule has 1 saturated heterocycles. The molecule has 364 valence electrons. The number of fused-ring (bicyclic) bond motifs is 2. The van der Waals surface area contributed by atoms with Crippen LogP contribution in [0, 0.1) is 0 Å². The van der Waals surface area contributed by atoms with Gasteiger partial charge in [-0.15, -0.1) is 0 Å². The lowest BCUT2D eigenvalue weighted by atomic mass is 9.93. The number of nitrogens with zero attached hydrogens (tertiary/aromatic N) is 3. The van der Waals surface area contributed by atoms with Crippen LogP contribution in [0.1, 0.15) is 104 Å². The maximum Gasteiger partial charge on any atom is 0.414 e. The maximum atomic E-state index is 15.2. The molecule has 6 rings (SSSR count). The minimum Gasteiger partial charge on any atom is -0.444 e. The molecule has 0 aromatic heterocycles. The number of hydrogen-bond donors (Lipinski definition) is 3. The van der Waals surface area contributed by atoms with Crippen molar-refractivity contribution >= 4 is 46.8 Å². The monoisotopic (exact) mass is 933 g/mol. The molecule has 3 N–H and O–H groups in total. The number of guanidine groups is 1. The van der Waals surface area contributed by atoms with E-state index in [4.69, 9.17) is 18.9 Å². The molecule has 0 bridgehead atoms. The van der Waals surface area contributed by atoms with Gasteiger partial charge < -0.3 is 29.2 Å². The number of alkyl carbamates (subject to hydrolysis) is 2. The fourth-order valence-electron chi connectivity index (χ4n) is 8.30. The number of aliphatic imine (C=N–C) groups is 1. The molecule has 0 saturated carbocycles. The van der Waals surface area contributed by atoms with Crippen molar-refractivity contribution in [2.45, 2.75) is 149 Å². The Morgan fingerprint density at radius 2 is 1.29 bits per heavy atom. The molecule has 4 aromatic rings.